The van der Waals surface area contributed by atoms with Crippen LogP contribution in [0.4, 0.5) is 5.82 Å². The van der Waals surface area contributed by atoms with Gasteiger partial charge in [-0.2, -0.15) is 5.10 Å². The Balaban J connectivity index is 1.29. The quantitative estimate of drug-likeness (QED) is 0.626. The molecule has 152 valence electrons. The molecular weight excluding hydrogens is 384 g/mol. The average molecular weight is 411 g/mol. The van der Waals surface area contributed by atoms with E-state index in [9.17, 15) is 4.79 Å². The summed E-state index contributed by atoms with van der Waals surface area (Å²) in [5, 5.41) is 13.0. The molecule has 5 nitrogen and oxygen atoms in total. The Morgan fingerprint density at radius 1 is 1.17 bits per heavy atom. The SMILES string of the molecule is Cc1ccc(Cl)c(C(=O)NC2CCC(CNc3nn(C)c4ccccc34)CC2)c1. The zero-order valence-electron chi connectivity index (χ0n) is 16.9. The zero-order valence-corrected chi connectivity index (χ0v) is 17.7. The Hall–Kier alpha value is -2.53. The first-order chi connectivity index (χ1) is 14.0. The van der Waals surface area contributed by atoms with Crippen molar-refractivity contribution in [2.45, 2.75) is 38.6 Å². The Morgan fingerprint density at radius 3 is 2.72 bits per heavy atom. The van der Waals surface area contributed by atoms with E-state index in [-0.39, 0.29) is 11.9 Å². The summed E-state index contributed by atoms with van der Waals surface area (Å²) in [7, 11) is 1.97. The minimum absolute atomic E-state index is 0.0692. The fourth-order valence-electron chi connectivity index (χ4n) is 4.17. The number of aryl methyl sites for hydroxylation is 2. The number of aromatic nitrogens is 2. The summed E-state index contributed by atoms with van der Waals surface area (Å²) in [4.78, 5) is 12.6. The lowest BCUT2D eigenvalue weighted by Gasteiger charge is -2.29. The van der Waals surface area contributed by atoms with Crippen molar-refractivity contribution in [2.24, 2.45) is 13.0 Å². The van der Waals surface area contributed by atoms with E-state index in [2.05, 4.69) is 27.9 Å². The molecule has 1 fully saturated rings. The fourth-order valence-corrected chi connectivity index (χ4v) is 4.38. The number of nitrogens with one attached hydrogen (secondary N) is 2. The number of carbonyl (C=O) groups is 1. The molecule has 0 saturated heterocycles. The molecule has 0 radical (unpaired) electrons. The highest BCUT2D eigenvalue weighted by molar-refractivity contribution is 6.33. The lowest BCUT2D eigenvalue weighted by molar-refractivity contribution is 0.0923. The van der Waals surface area contributed by atoms with E-state index in [1.807, 2.05) is 42.9 Å². The normalized spacial score (nSPS) is 19.3. The minimum atomic E-state index is -0.0692. The summed E-state index contributed by atoms with van der Waals surface area (Å²) in [6.45, 7) is 2.88. The Labute approximate surface area is 176 Å². The van der Waals surface area contributed by atoms with Gasteiger partial charge in [0.25, 0.3) is 5.91 Å². The standard InChI is InChI=1S/C23H27ClN4O/c1-15-7-12-20(24)19(13-15)23(29)26-17-10-8-16(9-11-17)14-25-22-18-5-3-4-6-21(18)28(2)27-22/h3-7,12-13,16-17H,8-11,14H2,1-2H3,(H,25,27)(H,26,29). The molecule has 1 aromatic heterocycles. The van der Waals surface area contributed by atoms with Gasteiger partial charge in [0, 0.05) is 25.0 Å². The summed E-state index contributed by atoms with van der Waals surface area (Å²) in [5.41, 5.74) is 2.74. The number of benzene rings is 2. The Kier molecular flexibility index (Phi) is 5.76. The molecule has 0 bridgehead atoms. The van der Waals surface area contributed by atoms with Crippen molar-refractivity contribution >= 4 is 34.2 Å². The molecular formula is C23H27ClN4O. The molecule has 1 amide bonds. The molecule has 1 heterocycles. The number of nitrogens with zero attached hydrogens (tertiary/aromatic N) is 2. The van der Waals surface area contributed by atoms with Gasteiger partial charge in [0.1, 0.15) is 0 Å². The van der Waals surface area contributed by atoms with E-state index in [1.54, 1.807) is 6.07 Å². The van der Waals surface area contributed by atoms with Gasteiger partial charge in [-0.3, -0.25) is 9.48 Å². The third-order valence-electron chi connectivity index (χ3n) is 5.86. The molecule has 0 aliphatic heterocycles. The van der Waals surface area contributed by atoms with Crippen LogP contribution in [0.5, 0.6) is 0 Å². The molecule has 0 spiro atoms. The number of hydrogen-bond donors (Lipinski definition) is 2. The van der Waals surface area contributed by atoms with Crippen LogP contribution in [0.25, 0.3) is 10.9 Å². The third kappa shape index (κ3) is 4.40. The zero-order chi connectivity index (χ0) is 20.4. The first kappa shape index (κ1) is 19.8. The summed E-state index contributed by atoms with van der Waals surface area (Å²) in [6.07, 6.45) is 4.16. The number of rotatable bonds is 5. The van der Waals surface area contributed by atoms with Crippen molar-refractivity contribution in [3.05, 3.63) is 58.6 Å². The Morgan fingerprint density at radius 2 is 1.93 bits per heavy atom. The fraction of sp³-hybridized carbons (Fsp3) is 0.391. The summed E-state index contributed by atoms with van der Waals surface area (Å²) < 4.78 is 1.92. The largest absolute Gasteiger partial charge is 0.368 e. The summed E-state index contributed by atoms with van der Waals surface area (Å²) >= 11 is 6.20. The van der Waals surface area contributed by atoms with Gasteiger partial charge in [-0.1, -0.05) is 35.4 Å². The van der Waals surface area contributed by atoms with Crippen LogP contribution in [0.15, 0.2) is 42.5 Å². The van der Waals surface area contributed by atoms with Crippen LogP contribution in [0.2, 0.25) is 5.02 Å². The van der Waals surface area contributed by atoms with E-state index < -0.39 is 0 Å². The van der Waals surface area contributed by atoms with Crippen molar-refractivity contribution in [3.8, 4) is 0 Å². The number of hydrogen-bond acceptors (Lipinski definition) is 3. The molecule has 1 aliphatic carbocycles. The topological polar surface area (TPSA) is 59.0 Å². The van der Waals surface area contributed by atoms with Crippen LogP contribution in [-0.4, -0.2) is 28.3 Å². The van der Waals surface area contributed by atoms with Gasteiger partial charge < -0.3 is 10.6 Å². The number of fused-ring (bicyclic) bond motifs is 1. The van der Waals surface area contributed by atoms with Crippen molar-refractivity contribution < 1.29 is 4.79 Å². The molecule has 4 rings (SSSR count). The predicted molar refractivity (Wildman–Crippen MR) is 119 cm³/mol. The van der Waals surface area contributed by atoms with Gasteiger partial charge in [0.05, 0.1) is 16.1 Å². The van der Waals surface area contributed by atoms with Gasteiger partial charge >= 0.3 is 0 Å². The maximum absolute atomic E-state index is 12.6. The van der Waals surface area contributed by atoms with Gasteiger partial charge in [-0.25, -0.2) is 0 Å². The second-order valence-electron chi connectivity index (χ2n) is 8.04. The van der Waals surface area contributed by atoms with Crippen LogP contribution in [0, 0.1) is 12.8 Å². The van der Waals surface area contributed by atoms with Crippen LogP contribution in [0.3, 0.4) is 0 Å². The smallest absolute Gasteiger partial charge is 0.253 e. The second-order valence-corrected chi connectivity index (χ2v) is 8.45. The number of anilines is 1. The monoisotopic (exact) mass is 410 g/mol. The van der Waals surface area contributed by atoms with Crippen LogP contribution < -0.4 is 10.6 Å². The predicted octanol–water partition coefficient (Wildman–Crippen LogP) is 4.94. The molecule has 2 N–H and O–H groups in total. The lowest BCUT2D eigenvalue weighted by atomic mass is 9.86. The molecule has 6 heteroatoms. The first-order valence-corrected chi connectivity index (χ1v) is 10.6. The lowest BCUT2D eigenvalue weighted by Crippen LogP contribution is -2.38. The van der Waals surface area contributed by atoms with E-state index in [1.165, 1.54) is 0 Å². The van der Waals surface area contributed by atoms with E-state index in [4.69, 9.17) is 11.6 Å². The highest BCUT2D eigenvalue weighted by atomic mass is 35.5. The van der Waals surface area contributed by atoms with E-state index in [0.717, 1.165) is 54.5 Å². The van der Waals surface area contributed by atoms with Crippen LogP contribution >= 0.6 is 11.6 Å². The molecule has 2 aromatic carbocycles. The van der Waals surface area contributed by atoms with Gasteiger partial charge in [0.15, 0.2) is 5.82 Å². The minimum Gasteiger partial charge on any atom is -0.368 e. The van der Waals surface area contributed by atoms with Gasteiger partial charge in [-0.05, 0) is 62.8 Å². The third-order valence-corrected chi connectivity index (χ3v) is 6.19. The molecule has 3 aromatic rings. The summed E-state index contributed by atoms with van der Waals surface area (Å²) in [5.74, 6) is 1.47. The second kappa shape index (κ2) is 8.46. The highest BCUT2D eigenvalue weighted by Gasteiger charge is 2.24. The van der Waals surface area contributed by atoms with Crippen LogP contribution in [-0.2, 0) is 7.05 Å². The molecule has 1 aliphatic rings. The molecule has 0 unspecified atom stereocenters. The molecule has 29 heavy (non-hydrogen) atoms. The first-order valence-electron chi connectivity index (χ1n) is 10.2. The number of amides is 1. The maximum atomic E-state index is 12.6. The van der Waals surface area contributed by atoms with Crippen LogP contribution in [0.1, 0.15) is 41.6 Å². The number of halogens is 1. The van der Waals surface area contributed by atoms with E-state index in [0.29, 0.717) is 16.5 Å². The van der Waals surface area contributed by atoms with Crippen molar-refractivity contribution in [2.75, 3.05) is 11.9 Å². The van der Waals surface area contributed by atoms with Gasteiger partial charge in [-0.15, -0.1) is 0 Å². The Bertz CT molecular complexity index is 1020. The van der Waals surface area contributed by atoms with E-state index >= 15 is 0 Å². The van der Waals surface area contributed by atoms with Crippen molar-refractivity contribution in [1.82, 2.24) is 15.1 Å². The van der Waals surface area contributed by atoms with Crippen molar-refractivity contribution in [3.63, 3.8) is 0 Å². The highest BCUT2D eigenvalue weighted by Crippen LogP contribution is 2.27. The van der Waals surface area contributed by atoms with Gasteiger partial charge in [0.2, 0.25) is 0 Å². The number of carbonyl (C=O) groups excluding carboxylic acids is 1. The number of para-hydroxylation sites is 1. The summed E-state index contributed by atoms with van der Waals surface area (Å²) in [6, 6.07) is 14.0. The average Bonchev–Trinajstić information content (AvgIpc) is 3.05. The maximum Gasteiger partial charge on any atom is 0.253 e. The molecule has 1 saturated carbocycles. The molecule has 0 atom stereocenters. The van der Waals surface area contributed by atoms with Crippen molar-refractivity contribution in [1.29, 1.82) is 0 Å².